The van der Waals surface area contributed by atoms with E-state index in [1.54, 1.807) is 12.1 Å². The molecule has 9 atom stereocenters. The lowest BCUT2D eigenvalue weighted by Gasteiger charge is -2.41. The molecule has 1 aromatic rings. The van der Waals surface area contributed by atoms with Crippen molar-refractivity contribution in [1.82, 2.24) is 0 Å². The molecule has 216 valence electrons. The fraction of sp³-hybridized carbons (Fsp3) is 0.517. The highest BCUT2D eigenvalue weighted by Crippen LogP contribution is 2.48. The van der Waals surface area contributed by atoms with Gasteiger partial charge in [-0.2, -0.15) is 0 Å². The zero-order valence-corrected chi connectivity index (χ0v) is 22.0. The number of carbonyl (C=O) groups is 2. The van der Waals surface area contributed by atoms with Gasteiger partial charge in [0.15, 0.2) is 12.4 Å². The van der Waals surface area contributed by atoms with E-state index in [9.17, 15) is 35.1 Å². The van der Waals surface area contributed by atoms with E-state index in [1.807, 2.05) is 13.0 Å². The highest BCUT2D eigenvalue weighted by molar-refractivity contribution is 5.91. The average molecular weight is 559 g/mol. The van der Waals surface area contributed by atoms with Crippen LogP contribution in [0.2, 0.25) is 0 Å². The van der Waals surface area contributed by atoms with E-state index in [0.717, 1.165) is 16.7 Å². The third-order valence-corrected chi connectivity index (χ3v) is 8.22. The standard InChI is InChI=1S/C29H34O11/c1-13-9-19(32)22-14(2)28(36)40-26(22)23-16(5-8-18(13)23)12-37-29-27(25(35)24(34)20(11-30)38-29)39-21(33)10-15-3-6-17(31)7-4-15/h3-7,19-20,22-27,29-32,34-35H,2,8-12H2,1H3/t19-,20-,22+,23-,24+,25-,26+,27-,29+/m0/s1. The topological polar surface area (TPSA) is 172 Å². The Morgan fingerprint density at radius 3 is 2.58 bits per heavy atom. The minimum atomic E-state index is -1.61. The van der Waals surface area contributed by atoms with Crippen molar-refractivity contribution in [3.63, 3.8) is 0 Å². The molecule has 5 rings (SSSR count). The number of carbonyl (C=O) groups excluding carboxylic acids is 2. The van der Waals surface area contributed by atoms with Gasteiger partial charge in [-0.1, -0.05) is 35.9 Å². The van der Waals surface area contributed by atoms with Gasteiger partial charge in [0, 0.05) is 11.5 Å². The van der Waals surface area contributed by atoms with Gasteiger partial charge in [-0.05, 0) is 43.0 Å². The van der Waals surface area contributed by atoms with E-state index >= 15 is 0 Å². The smallest absolute Gasteiger partial charge is 0.334 e. The molecule has 0 bridgehead atoms. The average Bonchev–Trinajstić information content (AvgIpc) is 3.45. The molecule has 2 heterocycles. The first-order valence-electron chi connectivity index (χ1n) is 13.3. The van der Waals surface area contributed by atoms with E-state index in [4.69, 9.17) is 18.9 Å². The number of phenols is 1. The van der Waals surface area contributed by atoms with Gasteiger partial charge in [0.05, 0.1) is 31.7 Å². The number of rotatable bonds is 7. The van der Waals surface area contributed by atoms with Crippen LogP contribution in [0.4, 0.5) is 0 Å². The van der Waals surface area contributed by atoms with Crippen LogP contribution in [0.5, 0.6) is 5.75 Å². The third-order valence-electron chi connectivity index (χ3n) is 8.22. The van der Waals surface area contributed by atoms with Gasteiger partial charge >= 0.3 is 11.9 Å². The number of benzene rings is 1. The van der Waals surface area contributed by atoms with Gasteiger partial charge in [-0.3, -0.25) is 4.79 Å². The van der Waals surface area contributed by atoms with Crippen LogP contribution in [-0.2, 0) is 35.0 Å². The first-order chi connectivity index (χ1) is 19.1. The molecule has 5 N–H and O–H groups in total. The number of aliphatic hydroxyl groups excluding tert-OH is 4. The number of allylic oxidation sites excluding steroid dienone is 1. The van der Waals surface area contributed by atoms with E-state index in [-0.39, 0.29) is 30.3 Å². The molecule has 2 fully saturated rings. The Balaban J connectivity index is 1.32. The minimum Gasteiger partial charge on any atom is -0.508 e. The Kier molecular flexibility index (Phi) is 8.14. The predicted octanol–water partition coefficient (Wildman–Crippen LogP) is 0.427. The number of aromatic hydroxyl groups is 1. The molecule has 11 nitrogen and oxygen atoms in total. The molecule has 0 saturated carbocycles. The second-order valence-electron chi connectivity index (χ2n) is 10.8. The van der Waals surface area contributed by atoms with Crippen molar-refractivity contribution in [2.75, 3.05) is 13.2 Å². The summed E-state index contributed by atoms with van der Waals surface area (Å²) in [5, 5.41) is 51.1. The first-order valence-corrected chi connectivity index (χ1v) is 13.3. The van der Waals surface area contributed by atoms with Crippen LogP contribution < -0.4 is 0 Å². The van der Waals surface area contributed by atoms with Gasteiger partial charge in [-0.15, -0.1) is 0 Å². The van der Waals surface area contributed by atoms with Crippen molar-refractivity contribution >= 4 is 11.9 Å². The van der Waals surface area contributed by atoms with E-state index in [1.165, 1.54) is 12.1 Å². The maximum atomic E-state index is 12.7. The van der Waals surface area contributed by atoms with Crippen molar-refractivity contribution < 1.29 is 54.1 Å². The van der Waals surface area contributed by atoms with Crippen molar-refractivity contribution in [2.24, 2.45) is 11.8 Å². The van der Waals surface area contributed by atoms with E-state index in [2.05, 4.69) is 6.58 Å². The Labute approximate surface area is 230 Å². The predicted molar refractivity (Wildman–Crippen MR) is 137 cm³/mol. The molecule has 2 aliphatic heterocycles. The van der Waals surface area contributed by atoms with Crippen LogP contribution in [0.3, 0.4) is 0 Å². The molecule has 0 spiro atoms. The lowest BCUT2D eigenvalue weighted by molar-refractivity contribution is -0.302. The highest BCUT2D eigenvalue weighted by atomic mass is 16.7. The molecular weight excluding hydrogens is 524 g/mol. The molecule has 0 amide bonds. The van der Waals surface area contributed by atoms with Crippen molar-refractivity contribution in [3.8, 4) is 5.75 Å². The zero-order valence-electron chi connectivity index (χ0n) is 22.0. The summed E-state index contributed by atoms with van der Waals surface area (Å²) in [6.07, 6.45) is -5.78. The number of phenolic OH excluding ortho intramolecular Hbond substituents is 1. The van der Waals surface area contributed by atoms with Gasteiger partial charge in [0.2, 0.25) is 0 Å². The van der Waals surface area contributed by atoms with Crippen molar-refractivity contribution in [2.45, 2.75) is 69.1 Å². The summed E-state index contributed by atoms with van der Waals surface area (Å²) >= 11 is 0. The Morgan fingerprint density at radius 1 is 1.15 bits per heavy atom. The quantitative estimate of drug-likeness (QED) is 0.178. The highest BCUT2D eigenvalue weighted by Gasteiger charge is 2.52. The molecule has 11 heteroatoms. The lowest BCUT2D eigenvalue weighted by atomic mass is 9.82. The Morgan fingerprint density at radius 2 is 1.88 bits per heavy atom. The molecule has 0 unspecified atom stereocenters. The van der Waals surface area contributed by atoms with Crippen LogP contribution in [0, 0.1) is 11.8 Å². The summed E-state index contributed by atoms with van der Waals surface area (Å²) in [4.78, 5) is 25.1. The molecular formula is C29H34O11. The molecule has 4 aliphatic rings. The molecule has 0 aromatic heterocycles. The summed E-state index contributed by atoms with van der Waals surface area (Å²) < 4.78 is 22.9. The first kappa shape index (κ1) is 28.5. The summed E-state index contributed by atoms with van der Waals surface area (Å²) in [5.41, 5.74) is 3.58. The van der Waals surface area contributed by atoms with Gasteiger partial charge in [0.1, 0.15) is 30.2 Å². The SMILES string of the molecule is C=C1C(=O)O[C@H]2[C@H]3C(CO[C@@H]4O[C@@H](CO)[C@@H](O)[C@H](O)[C@@H]4OC(=O)Cc4ccc(O)cc4)=CCC3=C(C)C[C@H](O)[C@@H]12. The Bertz CT molecular complexity index is 1220. The molecule has 0 radical (unpaired) electrons. The van der Waals surface area contributed by atoms with Gasteiger partial charge in [0.25, 0.3) is 0 Å². The van der Waals surface area contributed by atoms with Gasteiger partial charge in [-0.25, -0.2) is 4.79 Å². The summed E-state index contributed by atoms with van der Waals surface area (Å²) in [6, 6.07) is 5.96. The number of hydrogen-bond donors (Lipinski definition) is 5. The largest absolute Gasteiger partial charge is 0.508 e. The molecule has 1 aromatic carbocycles. The fourth-order valence-electron chi connectivity index (χ4n) is 6.09. The van der Waals surface area contributed by atoms with E-state index < -0.39 is 67.4 Å². The van der Waals surface area contributed by atoms with Crippen LogP contribution >= 0.6 is 0 Å². The lowest BCUT2D eigenvalue weighted by Crippen LogP contribution is -2.60. The Hall–Kier alpha value is -3.06. The summed E-state index contributed by atoms with van der Waals surface area (Å²) in [7, 11) is 0. The molecule has 40 heavy (non-hydrogen) atoms. The zero-order chi connectivity index (χ0) is 28.7. The van der Waals surface area contributed by atoms with Crippen LogP contribution in [-0.4, -0.2) is 93.6 Å². The summed E-state index contributed by atoms with van der Waals surface area (Å²) in [5.74, 6) is -2.14. The number of esters is 2. The van der Waals surface area contributed by atoms with Crippen molar-refractivity contribution in [1.29, 1.82) is 0 Å². The number of ether oxygens (including phenoxy) is 4. The van der Waals surface area contributed by atoms with Crippen LogP contribution in [0.25, 0.3) is 0 Å². The second-order valence-corrected chi connectivity index (χ2v) is 10.8. The fourth-order valence-corrected chi connectivity index (χ4v) is 6.09. The third kappa shape index (κ3) is 5.32. The normalized spacial score (nSPS) is 35.5. The number of hydrogen-bond acceptors (Lipinski definition) is 11. The van der Waals surface area contributed by atoms with Crippen LogP contribution in [0.15, 0.2) is 59.2 Å². The van der Waals surface area contributed by atoms with Crippen molar-refractivity contribution in [3.05, 3.63) is 64.8 Å². The van der Waals surface area contributed by atoms with E-state index in [0.29, 0.717) is 18.4 Å². The number of fused-ring (bicyclic) bond motifs is 3. The summed E-state index contributed by atoms with van der Waals surface area (Å²) in [6.45, 7) is 5.12. The molecule has 2 saturated heterocycles. The number of aliphatic hydroxyl groups is 4. The van der Waals surface area contributed by atoms with Crippen LogP contribution in [0.1, 0.15) is 25.3 Å². The minimum absolute atomic E-state index is 0.0421. The monoisotopic (exact) mass is 558 g/mol. The molecule has 2 aliphatic carbocycles. The maximum absolute atomic E-state index is 12.7. The maximum Gasteiger partial charge on any atom is 0.334 e. The second kappa shape index (κ2) is 11.4. The van der Waals surface area contributed by atoms with Gasteiger partial charge < -0.3 is 44.5 Å².